The fourth-order valence-electron chi connectivity index (χ4n) is 2.04. The largest absolute Gasteiger partial charge is 0.442 e. The van der Waals surface area contributed by atoms with Crippen LogP contribution < -0.4 is 10.7 Å². The van der Waals surface area contributed by atoms with E-state index in [2.05, 4.69) is 5.10 Å². The number of ether oxygens (including phenoxy) is 1. The number of carbonyl (C=O) groups is 1. The van der Waals surface area contributed by atoms with Gasteiger partial charge in [0, 0.05) is 17.3 Å². The number of nitrogen functional groups attached to an aromatic ring is 1. The Morgan fingerprint density at radius 1 is 1.19 bits per heavy atom. The molecular formula is C15H12FN3O2. The Bertz CT molecular complexity index is 713. The minimum atomic E-state index is -0.628. The van der Waals surface area contributed by atoms with Gasteiger partial charge in [-0.25, -0.2) is 9.18 Å². The monoisotopic (exact) mass is 285 g/mol. The molecule has 0 spiro atoms. The van der Waals surface area contributed by atoms with Crippen LogP contribution in [0.4, 0.5) is 20.6 Å². The second-order valence-electron chi connectivity index (χ2n) is 4.47. The van der Waals surface area contributed by atoms with Gasteiger partial charge in [-0.05, 0) is 29.8 Å². The van der Waals surface area contributed by atoms with Crippen LogP contribution in [0.25, 0.3) is 11.1 Å². The lowest BCUT2D eigenvalue weighted by atomic mass is 10.0. The molecule has 3 rings (SSSR count). The Morgan fingerprint density at radius 3 is 2.62 bits per heavy atom. The maximum absolute atomic E-state index is 14.3. The maximum atomic E-state index is 14.3. The van der Waals surface area contributed by atoms with E-state index >= 15 is 0 Å². The molecule has 0 radical (unpaired) electrons. The molecule has 6 heteroatoms. The van der Waals surface area contributed by atoms with Gasteiger partial charge in [0.1, 0.15) is 12.4 Å². The summed E-state index contributed by atoms with van der Waals surface area (Å²) in [5.74, 6) is -0.453. The van der Waals surface area contributed by atoms with Crippen LogP contribution in [-0.2, 0) is 4.74 Å². The summed E-state index contributed by atoms with van der Waals surface area (Å²) >= 11 is 0. The molecule has 1 aliphatic rings. The van der Waals surface area contributed by atoms with E-state index in [1.54, 1.807) is 36.4 Å². The van der Waals surface area contributed by atoms with Crippen molar-refractivity contribution in [2.45, 2.75) is 0 Å². The van der Waals surface area contributed by atoms with Gasteiger partial charge in [-0.2, -0.15) is 10.1 Å². The van der Waals surface area contributed by atoms with Gasteiger partial charge in [0.25, 0.3) is 0 Å². The fraction of sp³-hybridized carbons (Fsp3) is 0.0667. The Hall–Kier alpha value is -2.89. The molecule has 1 amide bonds. The Morgan fingerprint density at radius 2 is 1.95 bits per heavy atom. The first kappa shape index (κ1) is 13.1. The van der Waals surface area contributed by atoms with Crippen molar-refractivity contribution in [3.63, 3.8) is 0 Å². The molecular weight excluding hydrogens is 273 g/mol. The van der Waals surface area contributed by atoms with E-state index in [-0.39, 0.29) is 6.61 Å². The Labute approximate surface area is 120 Å². The van der Waals surface area contributed by atoms with Crippen molar-refractivity contribution in [3.8, 4) is 11.1 Å². The third-order valence-electron chi connectivity index (χ3n) is 3.07. The minimum Gasteiger partial charge on any atom is -0.442 e. The number of amides is 1. The molecule has 0 bridgehead atoms. The number of benzene rings is 2. The number of cyclic esters (lactones) is 1. The minimum absolute atomic E-state index is 0.126. The van der Waals surface area contributed by atoms with E-state index < -0.39 is 11.9 Å². The van der Waals surface area contributed by atoms with Crippen molar-refractivity contribution in [2.75, 3.05) is 17.3 Å². The van der Waals surface area contributed by atoms with E-state index in [0.717, 1.165) is 5.01 Å². The molecule has 0 atom stereocenters. The summed E-state index contributed by atoms with van der Waals surface area (Å²) in [6.45, 7) is 0.126. The zero-order valence-corrected chi connectivity index (χ0v) is 11.0. The number of carbonyl (C=O) groups excluding carboxylic acids is 1. The number of nitrogens with two attached hydrogens (primary N) is 1. The average molecular weight is 285 g/mol. The summed E-state index contributed by atoms with van der Waals surface area (Å²) < 4.78 is 19.1. The maximum Gasteiger partial charge on any atom is 0.435 e. The summed E-state index contributed by atoms with van der Waals surface area (Å²) in [7, 11) is 0. The van der Waals surface area contributed by atoms with E-state index in [1.807, 2.05) is 0 Å². The highest BCUT2D eigenvalue weighted by Gasteiger charge is 2.20. The first-order valence-corrected chi connectivity index (χ1v) is 6.30. The van der Waals surface area contributed by atoms with Gasteiger partial charge in [-0.1, -0.05) is 12.1 Å². The molecule has 0 unspecified atom stereocenters. The lowest BCUT2D eigenvalue weighted by Crippen LogP contribution is -2.31. The second kappa shape index (κ2) is 5.24. The van der Waals surface area contributed by atoms with Gasteiger partial charge in [0.05, 0.1) is 11.9 Å². The van der Waals surface area contributed by atoms with E-state index in [9.17, 15) is 9.18 Å². The standard InChI is InChI=1S/C15H12FN3O2/c16-14-9-12(19-15(20)21-8-7-18-19)5-6-13(14)10-1-3-11(17)4-2-10/h1-7,9H,8,17H2. The van der Waals surface area contributed by atoms with Gasteiger partial charge < -0.3 is 10.5 Å². The summed E-state index contributed by atoms with van der Waals surface area (Å²) in [5, 5.41) is 4.90. The predicted octanol–water partition coefficient (Wildman–Crippen LogP) is 3.02. The molecule has 0 aliphatic carbocycles. The van der Waals surface area contributed by atoms with Gasteiger partial charge in [-0.15, -0.1) is 0 Å². The third kappa shape index (κ3) is 2.55. The summed E-state index contributed by atoms with van der Waals surface area (Å²) in [6, 6.07) is 11.3. The first-order chi connectivity index (χ1) is 10.1. The van der Waals surface area contributed by atoms with Gasteiger partial charge >= 0.3 is 6.09 Å². The number of hydrogen-bond donors (Lipinski definition) is 1. The van der Waals surface area contributed by atoms with Crippen LogP contribution in [0, 0.1) is 5.82 Å². The number of halogens is 1. The Kier molecular flexibility index (Phi) is 3.27. The lowest BCUT2D eigenvalue weighted by molar-refractivity contribution is 0.167. The average Bonchev–Trinajstić information content (AvgIpc) is 2.49. The smallest absolute Gasteiger partial charge is 0.435 e. The molecule has 2 aromatic carbocycles. The van der Waals surface area contributed by atoms with Crippen molar-refractivity contribution in [2.24, 2.45) is 5.10 Å². The van der Waals surface area contributed by atoms with Crippen LogP contribution in [0.5, 0.6) is 0 Å². The second-order valence-corrected chi connectivity index (χ2v) is 4.47. The van der Waals surface area contributed by atoms with Crippen LogP contribution >= 0.6 is 0 Å². The molecule has 1 heterocycles. The molecule has 2 aromatic rings. The molecule has 106 valence electrons. The zero-order chi connectivity index (χ0) is 14.8. The topological polar surface area (TPSA) is 67.9 Å². The van der Waals surface area contributed by atoms with Crippen LogP contribution in [0.15, 0.2) is 47.6 Å². The molecule has 0 saturated heterocycles. The number of anilines is 2. The Balaban J connectivity index is 1.96. The van der Waals surface area contributed by atoms with Crippen LogP contribution in [0.1, 0.15) is 0 Å². The van der Waals surface area contributed by atoms with E-state index in [0.29, 0.717) is 22.5 Å². The summed E-state index contributed by atoms with van der Waals surface area (Å²) in [5.41, 5.74) is 7.67. The fourth-order valence-corrected chi connectivity index (χ4v) is 2.04. The van der Waals surface area contributed by atoms with Crippen molar-refractivity contribution >= 4 is 23.7 Å². The van der Waals surface area contributed by atoms with Gasteiger partial charge in [0.2, 0.25) is 0 Å². The van der Waals surface area contributed by atoms with E-state index in [4.69, 9.17) is 10.5 Å². The molecule has 0 saturated carbocycles. The molecule has 1 aliphatic heterocycles. The lowest BCUT2D eigenvalue weighted by Gasteiger charge is -2.20. The molecule has 0 fully saturated rings. The SMILES string of the molecule is Nc1ccc(-c2ccc(N3N=CCOC3=O)cc2F)cc1. The highest BCUT2D eigenvalue weighted by molar-refractivity contribution is 5.91. The zero-order valence-electron chi connectivity index (χ0n) is 11.0. The highest BCUT2D eigenvalue weighted by Crippen LogP contribution is 2.28. The molecule has 2 N–H and O–H groups in total. The van der Waals surface area contributed by atoms with Crippen LogP contribution in [-0.4, -0.2) is 18.9 Å². The first-order valence-electron chi connectivity index (χ1n) is 6.30. The number of hydrogen-bond acceptors (Lipinski definition) is 4. The van der Waals surface area contributed by atoms with Crippen molar-refractivity contribution in [3.05, 3.63) is 48.3 Å². The van der Waals surface area contributed by atoms with Crippen molar-refractivity contribution in [1.82, 2.24) is 0 Å². The highest BCUT2D eigenvalue weighted by atomic mass is 19.1. The third-order valence-corrected chi connectivity index (χ3v) is 3.07. The molecule has 0 aromatic heterocycles. The van der Waals surface area contributed by atoms with Gasteiger partial charge in [0.15, 0.2) is 0 Å². The number of nitrogens with zero attached hydrogens (tertiary/aromatic N) is 2. The van der Waals surface area contributed by atoms with Crippen molar-refractivity contribution in [1.29, 1.82) is 0 Å². The predicted molar refractivity (Wildman–Crippen MR) is 78.6 cm³/mol. The quantitative estimate of drug-likeness (QED) is 0.862. The molecule has 5 nitrogen and oxygen atoms in total. The number of rotatable bonds is 2. The summed E-state index contributed by atoms with van der Waals surface area (Å²) in [6.07, 6.45) is 0.810. The van der Waals surface area contributed by atoms with E-state index in [1.165, 1.54) is 12.3 Å². The summed E-state index contributed by atoms with van der Waals surface area (Å²) in [4.78, 5) is 11.6. The van der Waals surface area contributed by atoms with Crippen molar-refractivity contribution < 1.29 is 13.9 Å². The molecule has 21 heavy (non-hydrogen) atoms. The van der Waals surface area contributed by atoms with Gasteiger partial charge in [-0.3, -0.25) is 0 Å². The normalized spacial score (nSPS) is 14.1. The number of hydrazone groups is 1. The van der Waals surface area contributed by atoms with Crippen LogP contribution in [0.2, 0.25) is 0 Å². The van der Waals surface area contributed by atoms with Crippen LogP contribution in [0.3, 0.4) is 0 Å².